The second-order valence-corrected chi connectivity index (χ2v) is 8.63. The van der Waals surface area contributed by atoms with Crippen molar-refractivity contribution in [2.75, 3.05) is 11.6 Å². The number of benzene rings is 1. The summed E-state index contributed by atoms with van der Waals surface area (Å²) in [5.74, 6) is -1.49. The summed E-state index contributed by atoms with van der Waals surface area (Å²) in [5.41, 5.74) is 2.29. The molecule has 0 aliphatic carbocycles. The fourth-order valence-electron chi connectivity index (χ4n) is 2.67. The minimum atomic E-state index is -3.30. The molecule has 1 heterocycles. The third kappa shape index (κ3) is 6.16. The van der Waals surface area contributed by atoms with Crippen LogP contribution in [0.25, 0.3) is 0 Å². The van der Waals surface area contributed by atoms with Gasteiger partial charge in [-0.15, -0.1) is 0 Å². The Morgan fingerprint density at radius 2 is 1.93 bits per heavy atom. The summed E-state index contributed by atoms with van der Waals surface area (Å²) in [5, 5.41) is 6.65. The van der Waals surface area contributed by atoms with Gasteiger partial charge in [0.15, 0.2) is 21.3 Å². The molecule has 1 aromatic carbocycles. The lowest BCUT2D eigenvalue weighted by molar-refractivity contribution is 0.0937. The first-order valence-corrected chi connectivity index (χ1v) is 10.7. The molecule has 8 heteroatoms. The zero-order valence-corrected chi connectivity index (χ0v) is 17.0. The minimum absolute atomic E-state index is 0.0665. The Kier molecular flexibility index (Phi) is 6.90. The van der Waals surface area contributed by atoms with Crippen molar-refractivity contribution >= 4 is 21.4 Å². The van der Waals surface area contributed by atoms with E-state index in [9.17, 15) is 17.6 Å². The van der Waals surface area contributed by atoms with Crippen LogP contribution in [-0.2, 0) is 9.84 Å². The molecule has 1 aromatic heterocycles. The van der Waals surface area contributed by atoms with Crippen LogP contribution in [-0.4, -0.2) is 31.6 Å². The number of pyridine rings is 1. The number of hydrogen-bond acceptors (Lipinski definition) is 5. The van der Waals surface area contributed by atoms with Gasteiger partial charge in [-0.2, -0.15) is 0 Å². The molecule has 0 saturated heterocycles. The minimum Gasteiger partial charge on any atom is -0.377 e. The van der Waals surface area contributed by atoms with Crippen LogP contribution in [0.2, 0.25) is 0 Å². The molecule has 0 saturated carbocycles. The summed E-state index contributed by atoms with van der Waals surface area (Å²) >= 11 is 0. The van der Waals surface area contributed by atoms with Crippen LogP contribution in [0, 0.1) is 12.7 Å². The number of aromatic nitrogens is 1. The van der Waals surface area contributed by atoms with Crippen LogP contribution >= 0.6 is 0 Å². The number of rotatable bonds is 7. The predicted molar refractivity (Wildman–Crippen MR) is 108 cm³/mol. The highest BCUT2D eigenvalue weighted by molar-refractivity contribution is 7.93. The van der Waals surface area contributed by atoms with Crippen LogP contribution in [0.4, 0.5) is 10.1 Å². The first kappa shape index (κ1) is 21.6. The fourth-order valence-corrected chi connectivity index (χ4v) is 3.19. The smallest absolute Gasteiger partial charge is 0.273 e. The molecule has 2 atom stereocenters. The van der Waals surface area contributed by atoms with E-state index in [0.29, 0.717) is 5.69 Å². The van der Waals surface area contributed by atoms with Gasteiger partial charge in [-0.3, -0.25) is 4.79 Å². The van der Waals surface area contributed by atoms with E-state index < -0.39 is 27.6 Å². The number of nitrogens with zero attached hydrogens (tertiary/aromatic N) is 1. The van der Waals surface area contributed by atoms with Gasteiger partial charge in [-0.25, -0.2) is 17.8 Å². The van der Waals surface area contributed by atoms with Crippen LogP contribution < -0.4 is 10.6 Å². The maximum Gasteiger partial charge on any atom is 0.273 e. The van der Waals surface area contributed by atoms with E-state index >= 15 is 0 Å². The summed E-state index contributed by atoms with van der Waals surface area (Å²) in [6.07, 6.45) is 3.75. The van der Waals surface area contributed by atoms with Gasteiger partial charge in [0.05, 0.1) is 11.9 Å². The Morgan fingerprint density at radius 3 is 2.54 bits per heavy atom. The number of carbonyl (C=O) groups excluding carboxylic acids is 1. The molecule has 1 amide bonds. The molecule has 0 bridgehead atoms. The van der Waals surface area contributed by atoms with Gasteiger partial charge in [-0.05, 0) is 31.9 Å². The third-order valence-electron chi connectivity index (χ3n) is 4.07. The van der Waals surface area contributed by atoms with Crippen LogP contribution in [0.3, 0.4) is 0 Å². The fraction of sp³-hybridized carbons (Fsp3) is 0.300. The molecule has 2 N–H and O–H groups in total. The van der Waals surface area contributed by atoms with Gasteiger partial charge in [0.1, 0.15) is 0 Å². The lowest BCUT2D eigenvalue weighted by Gasteiger charge is -2.18. The van der Waals surface area contributed by atoms with Crippen molar-refractivity contribution in [1.82, 2.24) is 10.3 Å². The standard InChI is InChI=1S/C20H24FN3O3S/c1-13-7-5-6-8-17(13)15(3)24-16-11-18(21)19(22-12-16)20(25)23-14(2)9-10-28(4,26)27/h5-12,14-15,24H,1-4H3,(H,23,25)/b10-9+/t14-,15+/m1/s1. The molecule has 150 valence electrons. The van der Waals surface area contributed by atoms with Crippen LogP contribution in [0.15, 0.2) is 48.0 Å². The molecule has 0 aliphatic heterocycles. The van der Waals surface area contributed by atoms with Crippen molar-refractivity contribution in [3.63, 3.8) is 0 Å². The molecular formula is C20H24FN3O3S. The van der Waals surface area contributed by atoms with E-state index in [4.69, 9.17) is 0 Å². The summed E-state index contributed by atoms with van der Waals surface area (Å²) < 4.78 is 36.6. The largest absolute Gasteiger partial charge is 0.377 e. The maximum atomic E-state index is 14.4. The molecule has 28 heavy (non-hydrogen) atoms. The number of hydrogen-bond donors (Lipinski definition) is 2. The first-order chi connectivity index (χ1) is 13.1. The summed E-state index contributed by atoms with van der Waals surface area (Å²) in [4.78, 5) is 16.1. The highest BCUT2D eigenvalue weighted by atomic mass is 32.2. The van der Waals surface area contributed by atoms with E-state index in [1.165, 1.54) is 18.3 Å². The molecule has 6 nitrogen and oxygen atoms in total. The number of sulfone groups is 1. The van der Waals surface area contributed by atoms with E-state index in [1.807, 2.05) is 38.1 Å². The van der Waals surface area contributed by atoms with E-state index in [2.05, 4.69) is 15.6 Å². The number of anilines is 1. The van der Waals surface area contributed by atoms with E-state index in [1.54, 1.807) is 6.92 Å². The van der Waals surface area contributed by atoms with Gasteiger partial charge >= 0.3 is 0 Å². The molecule has 2 rings (SSSR count). The molecule has 0 fully saturated rings. The third-order valence-corrected chi connectivity index (χ3v) is 4.72. The van der Waals surface area contributed by atoms with Crippen molar-refractivity contribution in [3.8, 4) is 0 Å². The normalized spacial score (nSPS) is 13.9. The zero-order valence-electron chi connectivity index (χ0n) is 16.2. The van der Waals surface area contributed by atoms with Gasteiger partial charge < -0.3 is 10.6 Å². The van der Waals surface area contributed by atoms with Crippen molar-refractivity contribution in [2.45, 2.75) is 32.9 Å². The van der Waals surface area contributed by atoms with Gasteiger partial charge in [-0.1, -0.05) is 30.3 Å². The van der Waals surface area contributed by atoms with Crippen molar-refractivity contribution in [3.05, 3.63) is 70.7 Å². The highest BCUT2D eigenvalue weighted by Crippen LogP contribution is 2.22. The average Bonchev–Trinajstić information content (AvgIpc) is 2.59. The topological polar surface area (TPSA) is 88.2 Å². The summed E-state index contributed by atoms with van der Waals surface area (Å²) in [7, 11) is -3.30. The maximum absolute atomic E-state index is 14.4. The Hall–Kier alpha value is -2.74. The first-order valence-electron chi connectivity index (χ1n) is 8.73. The number of aryl methyl sites for hydroxylation is 1. The molecule has 2 aromatic rings. The van der Waals surface area contributed by atoms with Gasteiger partial charge in [0.25, 0.3) is 5.91 Å². The van der Waals surface area contributed by atoms with Crippen molar-refractivity contribution < 1.29 is 17.6 Å². The molecule has 0 radical (unpaired) electrons. The molecular weight excluding hydrogens is 381 g/mol. The Morgan fingerprint density at radius 1 is 1.25 bits per heavy atom. The molecule has 0 spiro atoms. The summed E-state index contributed by atoms with van der Waals surface area (Å²) in [6, 6.07) is 8.43. The lowest BCUT2D eigenvalue weighted by atomic mass is 10.0. The number of amides is 1. The SMILES string of the molecule is Cc1ccccc1[C@H](C)Nc1cnc(C(=O)N[C@H](C)/C=C/S(C)(=O)=O)c(F)c1. The Bertz CT molecular complexity index is 990. The van der Waals surface area contributed by atoms with Crippen molar-refractivity contribution in [1.29, 1.82) is 0 Å². The Balaban J connectivity index is 2.08. The van der Waals surface area contributed by atoms with Gasteiger partial charge in [0.2, 0.25) is 0 Å². The van der Waals surface area contributed by atoms with Crippen molar-refractivity contribution in [2.24, 2.45) is 0 Å². The zero-order chi connectivity index (χ0) is 20.9. The van der Waals surface area contributed by atoms with E-state index in [-0.39, 0.29) is 11.7 Å². The second-order valence-electron chi connectivity index (χ2n) is 6.70. The predicted octanol–water partition coefficient (Wildman–Crippen LogP) is 3.38. The molecule has 0 unspecified atom stereocenters. The quantitative estimate of drug-likeness (QED) is 0.737. The second kappa shape index (κ2) is 8.97. The van der Waals surface area contributed by atoms with Gasteiger partial charge in [0, 0.05) is 29.8 Å². The van der Waals surface area contributed by atoms with E-state index in [0.717, 1.165) is 22.8 Å². The van der Waals surface area contributed by atoms with Crippen LogP contribution in [0.1, 0.15) is 41.5 Å². The number of halogens is 1. The summed E-state index contributed by atoms with van der Waals surface area (Å²) in [6.45, 7) is 5.53. The monoisotopic (exact) mass is 405 g/mol. The average molecular weight is 405 g/mol. The van der Waals surface area contributed by atoms with Crippen LogP contribution in [0.5, 0.6) is 0 Å². The number of carbonyl (C=O) groups is 1. The lowest BCUT2D eigenvalue weighted by Crippen LogP contribution is -2.32. The Labute approximate surface area is 164 Å². The highest BCUT2D eigenvalue weighted by Gasteiger charge is 2.17. The number of nitrogens with one attached hydrogen (secondary N) is 2. The molecule has 0 aliphatic rings.